The first-order chi connectivity index (χ1) is 8.75. The molecule has 1 N–H and O–H groups in total. The van der Waals surface area contributed by atoms with Gasteiger partial charge < -0.3 is 9.52 Å². The van der Waals surface area contributed by atoms with Crippen molar-refractivity contribution in [1.82, 2.24) is 4.98 Å². The molecular weight excluding hydrogens is 226 g/mol. The molecule has 0 aliphatic rings. The fraction of sp³-hybridized carbons (Fsp3) is 0.133. The van der Waals surface area contributed by atoms with Gasteiger partial charge in [-0.3, -0.25) is 0 Å². The number of nitrogens with zero attached hydrogens (tertiary/aromatic N) is 1. The minimum Gasteiger partial charge on any atom is -0.436 e. The standard InChI is InChI=1S/C15H13NO2/c1-10(17)11-6-2-3-7-12(11)15-16-13-8-4-5-9-14(13)18-15/h2-10,17H,1H3. The monoisotopic (exact) mass is 239 g/mol. The van der Waals surface area contributed by atoms with Gasteiger partial charge >= 0.3 is 0 Å². The Morgan fingerprint density at radius 1 is 1.06 bits per heavy atom. The van der Waals surface area contributed by atoms with Gasteiger partial charge in [-0.1, -0.05) is 30.3 Å². The van der Waals surface area contributed by atoms with Crippen LogP contribution in [0, 0.1) is 0 Å². The Morgan fingerprint density at radius 3 is 2.56 bits per heavy atom. The summed E-state index contributed by atoms with van der Waals surface area (Å²) in [6.45, 7) is 1.74. The van der Waals surface area contributed by atoms with Crippen molar-refractivity contribution in [3.63, 3.8) is 0 Å². The van der Waals surface area contributed by atoms with E-state index in [1.807, 2.05) is 48.5 Å². The Bertz CT molecular complexity index is 653. The van der Waals surface area contributed by atoms with Gasteiger partial charge in [-0.2, -0.15) is 0 Å². The van der Waals surface area contributed by atoms with Crippen molar-refractivity contribution >= 4 is 11.1 Å². The molecule has 0 bridgehead atoms. The molecule has 0 radical (unpaired) electrons. The number of oxazole rings is 1. The van der Waals surface area contributed by atoms with Crippen LogP contribution in [0.5, 0.6) is 0 Å². The Morgan fingerprint density at radius 2 is 1.78 bits per heavy atom. The fourth-order valence-corrected chi connectivity index (χ4v) is 2.04. The number of aromatic nitrogens is 1. The van der Waals surface area contributed by atoms with Crippen LogP contribution >= 0.6 is 0 Å². The van der Waals surface area contributed by atoms with Crippen LogP contribution in [0.2, 0.25) is 0 Å². The van der Waals surface area contributed by atoms with Gasteiger partial charge in [-0.25, -0.2) is 4.98 Å². The first-order valence-corrected chi connectivity index (χ1v) is 5.88. The predicted octanol–water partition coefficient (Wildman–Crippen LogP) is 3.55. The molecule has 3 rings (SSSR count). The van der Waals surface area contributed by atoms with Crippen LogP contribution in [-0.4, -0.2) is 10.1 Å². The third kappa shape index (κ3) is 1.79. The number of hydrogen-bond acceptors (Lipinski definition) is 3. The van der Waals surface area contributed by atoms with E-state index in [0.29, 0.717) is 5.89 Å². The lowest BCUT2D eigenvalue weighted by Crippen LogP contribution is -1.94. The van der Waals surface area contributed by atoms with Gasteiger partial charge in [-0.15, -0.1) is 0 Å². The van der Waals surface area contributed by atoms with E-state index in [2.05, 4.69) is 4.98 Å². The molecule has 3 aromatic rings. The van der Waals surface area contributed by atoms with Crippen molar-refractivity contribution < 1.29 is 9.52 Å². The topological polar surface area (TPSA) is 46.3 Å². The number of aliphatic hydroxyl groups is 1. The molecule has 2 aromatic carbocycles. The zero-order chi connectivity index (χ0) is 12.5. The summed E-state index contributed by atoms with van der Waals surface area (Å²) in [6, 6.07) is 15.2. The van der Waals surface area contributed by atoms with Crippen LogP contribution in [0.3, 0.4) is 0 Å². The highest BCUT2D eigenvalue weighted by Gasteiger charge is 2.14. The van der Waals surface area contributed by atoms with Crippen LogP contribution in [0.15, 0.2) is 52.9 Å². The molecule has 3 heteroatoms. The number of aliphatic hydroxyl groups excluding tert-OH is 1. The van der Waals surface area contributed by atoms with Crippen molar-refractivity contribution in [3.05, 3.63) is 54.1 Å². The lowest BCUT2D eigenvalue weighted by Gasteiger charge is -2.08. The predicted molar refractivity (Wildman–Crippen MR) is 70.1 cm³/mol. The molecule has 18 heavy (non-hydrogen) atoms. The van der Waals surface area contributed by atoms with E-state index < -0.39 is 6.10 Å². The van der Waals surface area contributed by atoms with E-state index in [1.165, 1.54) is 0 Å². The quantitative estimate of drug-likeness (QED) is 0.743. The van der Waals surface area contributed by atoms with E-state index in [1.54, 1.807) is 6.92 Å². The van der Waals surface area contributed by atoms with Gasteiger partial charge in [0.25, 0.3) is 0 Å². The molecule has 0 spiro atoms. The average Bonchev–Trinajstić information content (AvgIpc) is 2.82. The van der Waals surface area contributed by atoms with Crippen molar-refractivity contribution in [3.8, 4) is 11.5 Å². The smallest absolute Gasteiger partial charge is 0.227 e. The first kappa shape index (κ1) is 11.0. The Kier molecular flexibility index (Phi) is 2.61. The third-order valence-electron chi connectivity index (χ3n) is 2.94. The molecule has 1 aromatic heterocycles. The van der Waals surface area contributed by atoms with Crippen molar-refractivity contribution in [2.24, 2.45) is 0 Å². The van der Waals surface area contributed by atoms with Gasteiger partial charge in [0.2, 0.25) is 5.89 Å². The number of rotatable bonds is 2. The molecule has 0 aliphatic carbocycles. The van der Waals surface area contributed by atoms with Gasteiger partial charge in [0.1, 0.15) is 5.52 Å². The molecule has 90 valence electrons. The maximum absolute atomic E-state index is 9.77. The molecule has 3 nitrogen and oxygen atoms in total. The molecular formula is C15H13NO2. The summed E-state index contributed by atoms with van der Waals surface area (Å²) in [5.74, 6) is 0.549. The molecule has 0 saturated heterocycles. The summed E-state index contributed by atoms with van der Waals surface area (Å²) in [4.78, 5) is 4.45. The van der Waals surface area contributed by atoms with Gasteiger partial charge in [-0.05, 0) is 30.7 Å². The Labute approximate surface area is 105 Å². The third-order valence-corrected chi connectivity index (χ3v) is 2.94. The zero-order valence-electron chi connectivity index (χ0n) is 10.00. The normalized spacial score (nSPS) is 12.8. The van der Waals surface area contributed by atoms with Gasteiger partial charge in [0.15, 0.2) is 5.58 Å². The maximum Gasteiger partial charge on any atom is 0.227 e. The van der Waals surface area contributed by atoms with Crippen LogP contribution in [0.25, 0.3) is 22.6 Å². The van der Waals surface area contributed by atoms with Gasteiger partial charge in [0, 0.05) is 5.56 Å². The number of para-hydroxylation sites is 2. The maximum atomic E-state index is 9.77. The lowest BCUT2D eigenvalue weighted by molar-refractivity contribution is 0.199. The molecule has 0 amide bonds. The first-order valence-electron chi connectivity index (χ1n) is 5.88. The second-order valence-electron chi connectivity index (χ2n) is 4.25. The number of hydrogen-bond donors (Lipinski definition) is 1. The summed E-state index contributed by atoms with van der Waals surface area (Å²) in [5.41, 5.74) is 3.24. The second-order valence-corrected chi connectivity index (χ2v) is 4.25. The van der Waals surface area contributed by atoms with Crippen molar-refractivity contribution in [2.45, 2.75) is 13.0 Å². The molecule has 1 atom stereocenters. The fourth-order valence-electron chi connectivity index (χ4n) is 2.04. The van der Waals surface area contributed by atoms with E-state index >= 15 is 0 Å². The number of fused-ring (bicyclic) bond motifs is 1. The minimum absolute atomic E-state index is 0.545. The van der Waals surface area contributed by atoms with E-state index in [0.717, 1.165) is 22.2 Å². The summed E-state index contributed by atoms with van der Waals surface area (Å²) in [7, 11) is 0. The second kappa shape index (κ2) is 4.27. The molecule has 0 saturated carbocycles. The highest BCUT2D eigenvalue weighted by atomic mass is 16.3. The van der Waals surface area contributed by atoms with E-state index in [9.17, 15) is 5.11 Å². The summed E-state index contributed by atoms with van der Waals surface area (Å²) >= 11 is 0. The summed E-state index contributed by atoms with van der Waals surface area (Å²) in [5, 5.41) is 9.77. The average molecular weight is 239 g/mol. The SMILES string of the molecule is CC(O)c1ccccc1-c1nc2ccccc2o1. The van der Waals surface area contributed by atoms with Crippen LogP contribution in [0.4, 0.5) is 0 Å². The lowest BCUT2D eigenvalue weighted by atomic mass is 10.0. The number of benzene rings is 2. The minimum atomic E-state index is -0.545. The van der Waals surface area contributed by atoms with Crippen molar-refractivity contribution in [1.29, 1.82) is 0 Å². The Balaban J connectivity index is 2.20. The van der Waals surface area contributed by atoms with Gasteiger partial charge in [0.05, 0.1) is 6.10 Å². The van der Waals surface area contributed by atoms with Crippen LogP contribution in [-0.2, 0) is 0 Å². The van der Waals surface area contributed by atoms with E-state index in [-0.39, 0.29) is 0 Å². The summed E-state index contributed by atoms with van der Waals surface area (Å²) in [6.07, 6.45) is -0.545. The van der Waals surface area contributed by atoms with Crippen LogP contribution < -0.4 is 0 Å². The van der Waals surface area contributed by atoms with Crippen LogP contribution in [0.1, 0.15) is 18.6 Å². The van der Waals surface area contributed by atoms with E-state index in [4.69, 9.17) is 4.42 Å². The molecule has 1 unspecified atom stereocenters. The van der Waals surface area contributed by atoms with Crippen molar-refractivity contribution in [2.75, 3.05) is 0 Å². The Hall–Kier alpha value is -2.13. The summed E-state index contributed by atoms with van der Waals surface area (Å²) < 4.78 is 5.72. The largest absolute Gasteiger partial charge is 0.436 e. The molecule has 0 fully saturated rings. The molecule has 0 aliphatic heterocycles. The molecule has 1 heterocycles. The highest BCUT2D eigenvalue weighted by Crippen LogP contribution is 2.29. The zero-order valence-corrected chi connectivity index (χ0v) is 10.00. The highest BCUT2D eigenvalue weighted by molar-refractivity contribution is 5.76.